The fraction of sp³-hybridized carbons (Fsp3) is 0.357. The maximum absolute atomic E-state index is 5.60. The second-order valence-electron chi connectivity index (χ2n) is 4.15. The summed E-state index contributed by atoms with van der Waals surface area (Å²) in [5.41, 5.74) is 4.54. The maximum atomic E-state index is 5.60. The van der Waals surface area contributed by atoms with Crippen molar-refractivity contribution >= 4 is 16.5 Å². The molecule has 0 aliphatic carbocycles. The van der Waals surface area contributed by atoms with Crippen LogP contribution < -0.4 is 10.1 Å². The van der Waals surface area contributed by atoms with E-state index in [1.165, 1.54) is 11.1 Å². The molecule has 3 nitrogen and oxygen atoms in total. The quantitative estimate of drug-likeness (QED) is 0.908. The summed E-state index contributed by atoms with van der Waals surface area (Å²) in [7, 11) is 1.89. The van der Waals surface area contributed by atoms with Gasteiger partial charge in [0, 0.05) is 18.0 Å². The van der Waals surface area contributed by atoms with Crippen molar-refractivity contribution in [2.45, 2.75) is 20.8 Å². The molecule has 0 amide bonds. The Labute approximate surface area is 112 Å². The highest BCUT2D eigenvalue weighted by Crippen LogP contribution is 2.31. The van der Waals surface area contributed by atoms with Crippen LogP contribution in [-0.4, -0.2) is 18.6 Å². The summed E-state index contributed by atoms with van der Waals surface area (Å²) in [5.74, 6) is 0.961. The smallest absolute Gasteiger partial charge is 0.182 e. The van der Waals surface area contributed by atoms with E-state index in [2.05, 4.69) is 41.7 Å². The highest BCUT2D eigenvalue weighted by Gasteiger charge is 2.10. The second kappa shape index (κ2) is 5.40. The lowest BCUT2D eigenvalue weighted by Gasteiger charge is -2.11. The predicted molar refractivity (Wildman–Crippen MR) is 77.7 cm³/mol. The maximum Gasteiger partial charge on any atom is 0.182 e. The molecule has 0 saturated carbocycles. The first kappa shape index (κ1) is 12.9. The Morgan fingerprint density at radius 3 is 2.67 bits per heavy atom. The van der Waals surface area contributed by atoms with Crippen LogP contribution >= 0.6 is 11.3 Å². The lowest BCUT2D eigenvalue weighted by Crippen LogP contribution is -1.96. The van der Waals surface area contributed by atoms with Crippen molar-refractivity contribution < 1.29 is 4.74 Å². The Bertz CT molecular complexity index is 549. The summed E-state index contributed by atoms with van der Waals surface area (Å²) >= 11 is 1.62. The van der Waals surface area contributed by atoms with Crippen molar-refractivity contribution in [2.24, 2.45) is 0 Å². The van der Waals surface area contributed by atoms with Crippen LogP contribution in [-0.2, 0) is 0 Å². The molecule has 1 aromatic heterocycles. The molecule has 96 valence electrons. The van der Waals surface area contributed by atoms with Gasteiger partial charge in [0.1, 0.15) is 5.75 Å². The van der Waals surface area contributed by atoms with Crippen molar-refractivity contribution in [3.8, 4) is 17.0 Å². The monoisotopic (exact) mass is 262 g/mol. The lowest BCUT2D eigenvalue weighted by atomic mass is 10.0. The topological polar surface area (TPSA) is 34.1 Å². The number of anilines is 1. The molecule has 0 bridgehead atoms. The zero-order chi connectivity index (χ0) is 13.1. The number of ether oxygens (including phenoxy) is 1. The van der Waals surface area contributed by atoms with Gasteiger partial charge in [0.25, 0.3) is 0 Å². The van der Waals surface area contributed by atoms with Gasteiger partial charge in [-0.15, -0.1) is 11.3 Å². The minimum atomic E-state index is 0.695. The number of nitrogens with one attached hydrogen (secondary N) is 1. The van der Waals surface area contributed by atoms with Crippen LogP contribution in [0.5, 0.6) is 5.75 Å². The Hall–Kier alpha value is -1.55. The van der Waals surface area contributed by atoms with E-state index in [-0.39, 0.29) is 0 Å². The summed E-state index contributed by atoms with van der Waals surface area (Å²) < 4.78 is 5.60. The van der Waals surface area contributed by atoms with Gasteiger partial charge >= 0.3 is 0 Å². The molecule has 4 heteroatoms. The van der Waals surface area contributed by atoms with Gasteiger partial charge in [-0.25, -0.2) is 4.98 Å². The molecular formula is C14H18N2OS. The predicted octanol–water partition coefficient (Wildman–Crippen LogP) is 3.87. The summed E-state index contributed by atoms with van der Waals surface area (Å²) in [5, 5.41) is 6.08. The van der Waals surface area contributed by atoms with E-state index >= 15 is 0 Å². The van der Waals surface area contributed by atoms with E-state index in [1.54, 1.807) is 11.3 Å². The molecule has 1 N–H and O–H groups in total. The van der Waals surface area contributed by atoms with Crippen molar-refractivity contribution in [1.82, 2.24) is 4.98 Å². The molecule has 0 radical (unpaired) electrons. The molecule has 1 aromatic carbocycles. The third kappa shape index (κ3) is 2.48. The Morgan fingerprint density at radius 2 is 2.06 bits per heavy atom. The van der Waals surface area contributed by atoms with E-state index in [9.17, 15) is 0 Å². The van der Waals surface area contributed by atoms with Crippen molar-refractivity contribution in [2.75, 3.05) is 19.0 Å². The van der Waals surface area contributed by atoms with Crippen LogP contribution in [0.4, 0.5) is 5.13 Å². The van der Waals surface area contributed by atoms with Crippen LogP contribution in [0.2, 0.25) is 0 Å². The van der Waals surface area contributed by atoms with Crippen LogP contribution in [0, 0.1) is 13.8 Å². The van der Waals surface area contributed by atoms with Gasteiger partial charge in [-0.05, 0) is 44.0 Å². The number of thiazole rings is 1. The minimum Gasteiger partial charge on any atom is -0.494 e. The first-order valence-corrected chi connectivity index (χ1v) is 6.91. The second-order valence-corrected chi connectivity index (χ2v) is 5.01. The van der Waals surface area contributed by atoms with Crippen LogP contribution in [0.3, 0.4) is 0 Å². The number of hydrogen-bond acceptors (Lipinski definition) is 4. The Balaban J connectivity index is 2.42. The zero-order valence-corrected chi connectivity index (χ0v) is 12.0. The third-order valence-electron chi connectivity index (χ3n) is 2.82. The van der Waals surface area contributed by atoms with Gasteiger partial charge in [0.05, 0.1) is 12.3 Å². The van der Waals surface area contributed by atoms with Gasteiger partial charge in [-0.3, -0.25) is 0 Å². The normalized spacial score (nSPS) is 10.4. The van der Waals surface area contributed by atoms with Gasteiger partial charge in [-0.2, -0.15) is 0 Å². The third-order valence-corrected chi connectivity index (χ3v) is 3.68. The number of benzene rings is 1. The zero-order valence-electron chi connectivity index (χ0n) is 11.2. The number of aromatic nitrogens is 1. The summed E-state index contributed by atoms with van der Waals surface area (Å²) in [6.45, 7) is 6.86. The summed E-state index contributed by atoms with van der Waals surface area (Å²) in [6.07, 6.45) is 0. The van der Waals surface area contributed by atoms with Crippen molar-refractivity contribution in [3.63, 3.8) is 0 Å². The first-order chi connectivity index (χ1) is 8.65. The number of aryl methyl sites for hydroxylation is 2. The summed E-state index contributed by atoms with van der Waals surface area (Å²) in [4.78, 5) is 4.54. The van der Waals surface area contributed by atoms with Crippen molar-refractivity contribution in [3.05, 3.63) is 28.6 Å². The molecular weight excluding hydrogens is 244 g/mol. The highest BCUT2D eigenvalue weighted by molar-refractivity contribution is 7.14. The molecule has 0 fully saturated rings. The molecule has 2 aromatic rings. The molecule has 0 aliphatic heterocycles. The Kier molecular flexibility index (Phi) is 3.87. The minimum absolute atomic E-state index is 0.695. The van der Waals surface area contributed by atoms with Gasteiger partial charge in [0.2, 0.25) is 0 Å². The number of rotatable bonds is 4. The Morgan fingerprint density at radius 1 is 1.28 bits per heavy atom. The van der Waals surface area contributed by atoms with E-state index in [1.807, 2.05) is 14.0 Å². The van der Waals surface area contributed by atoms with E-state index in [0.29, 0.717) is 6.61 Å². The van der Waals surface area contributed by atoms with Crippen LogP contribution in [0.1, 0.15) is 18.1 Å². The first-order valence-electron chi connectivity index (χ1n) is 6.03. The molecule has 1 heterocycles. The van der Waals surface area contributed by atoms with Gasteiger partial charge in [-0.1, -0.05) is 0 Å². The SMILES string of the molecule is CCOc1cc(C)c(-c2csc(NC)n2)cc1C. The largest absolute Gasteiger partial charge is 0.494 e. The fourth-order valence-electron chi connectivity index (χ4n) is 1.89. The standard InChI is InChI=1S/C14H18N2OS/c1-5-17-13-7-9(2)11(6-10(13)3)12-8-18-14(15-4)16-12/h6-8H,5H2,1-4H3,(H,15,16). The van der Waals surface area contributed by atoms with Crippen molar-refractivity contribution in [1.29, 1.82) is 0 Å². The summed E-state index contributed by atoms with van der Waals surface area (Å²) in [6, 6.07) is 4.24. The average Bonchev–Trinajstić information content (AvgIpc) is 2.82. The average molecular weight is 262 g/mol. The molecule has 2 rings (SSSR count). The molecule has 0 saturated heterocycles. The number of nitrogens with zero attached hydrogens (tertiary/aromatic N) is 1. The van der Waals surface area contributed by atoms with Gasteiger partial charge < -0.3 is 10.1 Å². The van der Waals surface area contributed by atoms with Gasteiger partial charge in [0.15, 0.2) is 5.13 Å². The molecule has 18 heavy (non-hydrogen) atoms. The number of hydrogen-bond donors (Lipinski definition) is 1. The fourth-order valence-corrected chi connectivity index (χ4v) is 2.56. The van der Waals surface area contributed by atoms with E-state index in [4.69, 9.17) is 4.74 Å². The lowest BCUT2D eigenvalue weighted by molar-refractivity contribution is 0.337. The van der Waals surface area contributed by atoms with Crippen LogP contribution in [0.25, 0.3) is 11.3 Å². The molecule has 0 unspecified atom stereocenters. The highest BCUT2D eigenvalue weighted by atomic mass is 32.1. The molecule has 0 aliphatic rings. The van der Waals surface area contributed by atoms with E-state index < -0.39 is 0 Å². The van der Waals surface area contributed by atoms with Crippen LogP contribution in [0.15, 0.2) is 17.5 Å². The molecule has 0 atom stereocenters. The molecule has 0 spiro atoms. The van der Waals surface area contributed by atoms with E-state index in [0.717, 1.165) is 22.1 Å².